The maximum Gasteiger partial charge on any atom is 0.0658 e. The molecule has 0 amide bonds. The minimum Gasteiger partial charge on any atom is -0.378 e. The summed E-state index contributed by atoms with van der Waals surface area (Å²) in [5.41, 5.74) is 6.96. The third-order valence-electron chi connectivity index (χ3n) is 5.14. The van der Waals surface area contributed by atoms with Gasteiger partial charge in [-0.3, -0.25) is 4.90 Å². The monoisotopic (exact) mass is 319 g/mol. The molecule has 0 aliphatic carbocycles. The second-order valence-electron chi connectivity index (χ2n) is 7.19. The maximum absolute atomic E-state index is 5.85. The molecule has 2 atom stereocenters. The van der Waals surface area contributed by atoms with Crippen LogP contribution in [-0.4, -0.2) is 30.2 Å². The highest BCUT2D eigenvalue weighted by Gasteiger charge is 2.34. The summed E-state index contributed by atoms with van der Waals surface area (Å²) in [5.74, 6) is 0. The zero-order valence-corrected chi connectivity index (χ0v) is 14.5. The summed E-state index contributed by atoms with van der Waals surface area (Å²) < 4.78 is 5.85. The first kappa shape index (κ1) is 15.6. The topological polar surface area (TPSA) is 12.5 Å². The molecule has 0 saturated carbocycles. The van der Waals surface area contributed by atoms with Crippen molar-refractivity contribution in [2.75, 3.05) is 13.2 Å². The van der Waals surface area contributed by atoms with E-state index in [9.17, 15) is 0 Å². The summed E-state index contributed by atoms with van der Waals surface area (Å²) in [5, 5.41) is 0. The van der Waals surface area contributed by atoms with E-state index >= 15 is 0 Å². The highest BCUT2D eigenvalue weighted by Crippen LogP contribution is 2.34. The lowest BCUT2D eigenvalue weighted by Gasteiger charge is -2.45. The number of nitrogens with zero attached hydrogens (tertiary/aromatic N) is 1. The number of rotatable bonds is 3. The summed E-state index contributed by atoms with van der Waals surface area (Å²) in [7, 11) is 0. The third kappa shape index (κ3) is 3.17. The number of fused-ring (bicyclic) bond motifs is 2. The molecule has 2 heterocycles. The van der Waals surface area contributed by atoms with Crippen LogP contribution in [0.5, 0.6) is 0 Å². The summed E-state index contributed by atoms with van der Waals surface area (Å²) in [4.78, 5) is 2.62. The summed E-state index contributed by atoms with van der Waals surface area (Å²) in [6.45, 7) is 7.02. The van der Waals surface area contributed by atoms with Gasteiger partial charge in [0.25, 0.3) is 0 Å². The molecule has 2 heteroatoms. The van der Waals surface area contributed by atoms with Gasteiger partial charge in [0, 0.05) is 12.6 Å². The van der Waals surface area contributed by atoms with Crippen molar-refractivity contribution in [2.45, 2.75) is 38.9 Å². The molecule has 124 valence electrons. The predicted molar refractivity (Wildman–Crippen MR) is 98.9 cm³/mol. The Labute approximate surface area is 144 Å². The molecule has 2 unspecified atom stereocenters. The van der Waals surface area contributed by atoms with E-state index in [1.54, 1.807) is 0 Å². The normalized spacial score (nSPS) is 23.8. The van der Waals surface area contributed by atoms with Gasteiger partial charge in [-0.05, 0) is 37.0 Å². The van der Waals surface area contributed by atoms with Crippen LogP contribution in [0.3, 0.4) is 0 Å². The molecule has 1 saturated heterocycles. The molecule has 0 aromatic heterocycles. The van der Waals surface area contributed by atoms with Gasteiger partial charge in [0.2, 0.25) is 0 Å². The van der Waals surface area contributed by atoms with Gasteiger partial charge in [0.15, 0.2) is 0 Å². The van der Waals surface area contributed by atoms with Gasteiger partial charge in [-0.2, -0.15) is 0 Å². The molecule has 24 heavy (non-hydrogen) atoms. The highest BCUT2D eigenvalue weighted by atomic mass is 16.5. The fraction of sp³-hybridized carbons (Fsp3) is 0.364. The van der Waals surface area contributed by atoms with Crippen molar-refractivity contribution >= 4 is 5.57 Å². The fourth-order valence-corrected chi connectivity index (χ4v) is 4.08. The minimum atomic E-state index is 0.383. The van der Waals surface area contributed by atoms with Crippen LogP contribution in [0.15, 0.2) is 54.6 Å². The number of ether oxygens (including phenoxy) is 1. The van der Waals surface area contributed by atoms with E-state index in [1.807, 2.05) is 0 Å². The Hall–Kier alpha value is -1.90. The van der Waals surface area contributed by atoms with Crippen LogP contribution in [-0.2, 0) is 11.3 Å². The molecule has 2 aromatic rings. The van der Waals surface area contributed by atoms with Crippen molar-refractivity contribution in [3.63, 3.8) is 0 Å². The lowest BCUT2D eigenvalue weighted by Crippen LogP contribution is -2.53. The quantitative estimate of drug-likeness (QED) is 0.833. The van der Waals surface area contributed by atoms with Crippen molar-refractivity contribution in [3.05, 3.63) is 76.9 Å². The van der Waals surface area contributed by atoms with Gasteiger partial charge >= 0.3 is 0 Å². The maximum atomic E-state index is 5.85. The minimum absolute atomic E-state index is 0.383. The summed E-state index contributed by atoms with van der Waals surface area (Å²) in [6.07, 6.45) is 3.51. The molecule has 2 bridgehead atoms. The van der Waals surface area contributed by atoms with E-state index in [2.05, 4.69) is 73.4 Å². The van der Waals surface area contributed by atoms with Crippen molar-refractivity contribution < 1.29 is 4.74 Å². The van der Waals surface area contributed by atoms with Crippen LogP contribution in [0.2, 0.25) is 0 Å². The van der Waals surface area contributed by atoms with Crippen LogP contribution in [0.25, 0.3) is 5.57 Å². The second kappa shape index (κ2) is 6.54. The number of aryl methyl sites for hydroxylation is 2. The van der Waals surface area contributed by atoms with Gasteiger partial charge in [0.1, 0.15) is 0 Å². The van der Waals surface area contributed by atoms with Gasteiger partial charge in [0.05, 0.1) is 19.3 Å². The Balaban J connectivity index is 1.62. The van der Waals surface area contributed by atoms with E-state index in [0.29, 0.717) is 12.1 Å². The molecule has 0 N–H and O–H groups in total. The molecule has 1 fully saturated rings. The van der Waals surface area contributed by atoms with Crippen LogP contribution in [0.1, 0.15) is 28.7 Å². The van der Waals surface area contributed by atoms with Gasteiger partial charge in [-0.15, -0.1) is 0 Å². The van der Waals surface area contributed by atoms with E-state index in [0.717, 1.165) is 26.2 Å². The molecule has 2 aliphatic rings. The molecule has 2 nitrogen and oxygen atoms in total. The first-order chi connectivity index (χ1) is 11.7. The smallest absolute Gasteiger partial charge is 0.0658 e. The molecule has 0 radical (unpaired) electrons. The average molecular weight is 319 g/mol. The van der Waals surface area contributed by atoms with Gasteiger partial charge in [-0.25, -0.2) is 0 Å². The van der Waals surface area contributed by atoms with Crippen LogP contribution >= 0.6 is 0 Å². The molecule has 0 spiro atoms. The summed E-state index contributed by atoms with van der Waals surface area (Å²) in [6, 6.07) is 18.5. The molecule has 2 aliphatic heterocycles. The highest BCUT2D eigenvalue weighted by molar-refractivity contribution is 5.69. The third-order valence-corrected chi connectivity index (χ3v) is 5.14. The largest absolute Gasteiger partial charge is 0.378 e. The lowest BCUT2D eigenvalue weighted by atomic mass is 9.88. The van der Waals surface area contributed by atoms with E-state index in [4.69, 9.17) is 4.74 Å². The second-order valence-corrected chi connectivity index (χ2v) is 7.19. The Morgan fingerprint density at radius 1 is 1.00 bits per heavy atom. The Morgan fingerprint density at radius 3 is 2.46 bits per heavy atom. The number of hydrogen-bond acceptors (Lipinski definition) is 2. The predicted octanol–water partition coefficient (Wildman–Crippen LogP) is 4.36. The zero-order chi connectivity index (χ0) is 16.5. The fourth-order valence-electron chi connectivity index (χ4n) is 4.08. The number of hydrogen-bond donors (Lipinski definition) is 0. The van der Waals surface area contributed by atoms with E-state index in [1.165, 1.54) is 27.8 Å². The number of benzene rings is 2. The Morgan fingerprint density at radius 2 is 1.75 bits per heavy atom. The molecular weight excluding hydrogens is 294 g/mol. The molecule has 2 aromatic carbocycles. The Kier molecular flexibility index (Phi) is 4.26. The van der Waals surface area contributed by atoms with Crippen molar-refractivity contribution in [2.24, 2.45) is 0 Å². The van der Waals surface area contributed by atoms with Crippen molar-refractivity contribution in [3.8, 4) is 0 Å². The summed E-state index contributed by atoms with van der Waals surface area (Å²) >= 11 is 0. The SMILES string of the molecule is Cc1cc(C)cc(C2=CC3COCC(C2)N3Cc2ccccc2)c1. The zero-order valence-electron chi connectivity index (χ0n) is 14.5. The average Bonchev–Trinajstić information content (AvgIpc) is 2.54. The van der Waals surface area contributed by atoms with Crippen LogP contribution in [0.4, 0.5) is 0 Å². The first-order valence-electron chi connectivity index (χ1n) is 8.86. The van der Waals surface area contributed by atoms with Crippen LogP contribution in [0, 0.1) is 13.8 Å². The first-order valence-corrected chi connectivity index (χ1v) is 8.86. The lowest BCUT2D eigenvalue weighted by molar-refractivity contribution is -0.0402. The van der Waals surface area contributed by atoms with E-state index < -0.39 is 0 Å². The Bertz CT molecular complexity index is 730. The van der Waals surface area contributed by atoms with E-state index in [-0.39, 0.29) is 0 Å². The van der Waals surface area contributed by atoms with Crippen molar-refractivity contribution in [1.29, 1.82) is 0 Å². The molecular formula is C22H25NO. The van der Waals surface area contributed by atoms with Crippen molar-refractivity contribution in [1.82, 2.24) is 4.90 Å². The van der Waals surface area contributed by atoms with Crippen LogP contribution < -0.4 is 0 Å². The molecule has 4 rings (SSSR count). The van der Waals surface area contributed by atoms with Gasteiger partial charge < -0.3 is 4.74 Å². The number of morpholine rings is 1. The van der Waals surface area contributed by atoms with Gasteiger partial charge in [-0.1, -0.05) is 65.7 Å². The standard InChI is InChI=1S/C22H25NO/c1-16-8-17(2)10-19(9-16)20-11-21-14-24-15-22(12-20)23(21)13-18-6-4-3-5-7-18/h3-11,21-22H,12-15H2,1-2H3.